The number of pyridine rings is 1. The van der Waals surface area contributed by atoms with Crippen molar-refractivity contribution in [2.45, 2.75) is 26.4 Å². The number of halogens is 2. The van der Waals surface area contributed by atoms with Crippen molar-refractivity contribution in [1.82, 2.24) is 19.9 Å². The van der Waals surface area contributed by atoms with E-state index in [1.807, 2.05) is 19.1 Å². The second-order valence-corrected chi connectivity index (χ2v) is 10.7. The molecule has 1 N–H and O–H groups in total. The first-order chi connectivity index (χ1) is 19.8. The van der Waals surface area contributed by atoms with Crippen LogP contribution in [-0.2, 0) is 11.2 Å². The fourth-order valence-electron chi connectivity index (χ4n) is 4.35. The Kier molecular flexibility index (Phi) is 7.10. The van der Waals surface area contributed by atoms with E-state index in [1.165, 1.54) is 36.9 Å². The maximum atomic E-state index is 15.2. The average Bonchev–Trinajstić information content (AvgIpc) is 3.60. The number of hydrogen-bond acceptors (Lipinski definition) is 10. The number of aliphatic imine (C=N–C) groups is 1. The highest BCUT2D eigenvalue weighted by Crippen LogP contribution is 2.40. The summed E-state index contributed by atoms with van der Waals surface area (Å²) in [5.74, 6) is 0.210. The van der Waals surface area contributed by atoms with Gasteiger partial charge in [-0.15, -0.1) is 11.3 Å². The number of nitrogens with zero attached hydrogens (tertiary/aromatic N) is 5. The van der Waals surface area contributed by atoms with Crippen molar-refractivity contribution in [3.63, 3.8) is 0 Å². The summed E-state index contributed by atoms with van der Waals surface area (Å²) >= 11 is 7.71. The number of carbonyl (C=O) groups is 1. The summed E-state index contributed by atoms with van der Waals surface area (Å²) < 4.78 is 32.1. The largest absolute Gasteiger partial charge is 0.487 e. The molecule has 1 atom stereocenters. The first kappa shape index (κ1) is 26.8. The molecule has 0 fully saturated rings. The van der Waals surface area contributed by atoms with Gasteiger partial charge in [-0.1, -0.05) is 11.6 Å². The van der Waals surface area contributed by atoms with E-state index in [1.54, 1.807) is 19.2 Å². The number of fused-ring (bicyclic) bond motifs is 3. The van der Waals surface area contributed by atoms with Crippen LogP contribution in [0, 0.1) is 12.7 Å². The summed E-state index contributed by atoms with van der Waals surface area (Å²) in [6.45, 7) is 3.47. The highest BCUT2D eigenvalue weighted by molar-refractivity contribution is 7.21. The van der Waals surface area contributed by atoms with Crippen LogP contribution in [-0.4, -0.2) is 52.1 Å². The number of aromatic nitrogens is 4. The van der Waals surface area contributed by atoms with Gasteiger partial charge in [-0.2, -0.15) is 0 Å². The van der Waals surface area contributed by atoms with Crippen LogP contribution in [0.15, 0.2) is 41.7 Å². The summed E-state index contributed by atoms with van der Waals surface area (Å²) in [4.78, 5) is 34.3. The van der Waals surface area contributed by atoms with Crippen molar-refractivity contribution in [2.75, 3.05) is 19.0 Å². The summed E-state index contributed by atoms with van der Waals surface area (Å²) in [5, 5.41) is 3.07. The van der Waals surface area contributed by atoms with Gasteiger partial charge in [0.25, 0.3) is 0 Å². The second kappa shape index (κ2) is 10.9. The van der Waals surface area contributed by atoms with Crippen LogP contribution in [0.3, 0.4) is 0 Å². The van der Waals surface area contributed by atoms with E-state index in [9.17, 15) is 4.79 Å². The van der Waals surface area contributed by atoms with Crippen LogP contribution in [0.1, 0.15) is 18.1 Å². The highest BCUT2D eigenvalue weighted by atomic mass is 35.5. The van der Waals surface area contributed by atoms with Crippen LogP contribution in [0.4, 0.5) is 20.7 Å². The summed E-state index contributed by atoms with van der Waals surface area (Å²) in [5.41, 5.74) is 4.70. The Morgan fingerprint density at radius 2 is 2.02 bits per heavy atom. The number of methoxy groups -OCH3 is 1. The average molecular weight is 593 g/mol. The molecule has 10 nitrogen and oxygen atoms in total. The maximum absolute atomic E-state index is 15.2. The predicted octanol–water partition coefficient (Wildman–Crippen LogP) is 6.69. The van der Waals surface area contributed by atoms with Crippen molar-refractivity contribution in [3.05, 3.63) is 58.6 Å². The molecule has 1 aliphatic heterocycles. The zero-order valence-corrected chi connectivity index (χ0v) is 23.6. The van der Waals surface area contributed by atoms with E-state index in [0.717, 1.165) is 16.7 Å². The van der Waals surface area contributed by atoms with Gasteiger partial charge >= 0.3 is 6.09 Å². The molecule has 1 amide bonds. The molecule has 0 saturated heterocycles. The van der Waals surface area contributed by atoms with Crippen LogP contribution in [0.5, 0.6) is 11.6 Å². The lowest BCUT2D eigenvalue weighted by Gasteiger charge is -2.15. The molecule has 208 valence electrons. The SMILES string of the molecule is COc1cnc2c(-c3nc4c(Cl)c(F)c(OC[C@@H](C)OC(=O)Nc5cnc6c(c5)CC=N6)cc4s3)cc(C)cc2n1. The Bertz CT molecular complexity index is 1860. The molecule has 0 spiro atoms. The van der Waals surface area contributed by atoms with Crippen molar-refractivity contribution in [1.29, 1.82) is 0 Å². The molecule has 0 saturated carbocycles. The van der Waals surface area contributed by atoms with E-state index in [0.29, 0.717) is 50.1 Å². The predicted molar refractivity (Wildman–Crippen MR) is 156 cm³/mol. The molecule has 41 heavy (non-hydrogen) atoms. The summed E-state index contributed by atoms with van der Waals surface area (Å²) in [7, 11) is 1.53. The standard InChI is InChI=1S/C28H22ClFN6O4S/c1-13-6-17(24-18(7-13)35-21(38-3)11-32-24)27-36-25-20(41-27)9-19(23(30)22(25)29)39-12-14(2)40-28(37)34-16-8-15-4-5-31-26(15)33-10-16/h5-11,14H,4,12H2,1-3H3,(H,34,37)/t14-/m1/s1. The number of rotatable bonds is 7. The number of thiazole rings is 1. The molecular formula is C28H22ClFN6O4S. The molecule has 2 aromatic carbocycles. The minimum atomic E-state index is -0.752. The van der Waals surface area contributed by atoms with Gasteiger partial charge in [0, 0.05) is 29.8 Å². The number of carbonyl (C=O) groups excluding carboxylic acids is 1. The number of anilines is 1. The van der Waals surface area contributed by atoms with Gasteiger partial charge in [-0.3, -0.25) is 5.32 Å². The van der Waals surface area contributed by atoms with Gasteiger partial charge < -0.3 is 14.2 Å². The molecule has 0 aliphatic carbocycles. The van der Waals surface area contributed by atoms with E-state index in [2.05, 4.69) is 30.2 Å². The number of ether oxygens (including phenoxy) is 3. The lowest BCUT2D eigenvalue weighted by molar-refractivity contribution is 0.0844. The zero-order valence-electron chi connectivity index (χ0n) is 22.1. The van der Waals surface area contributed by atoms with Gasteiger partial charge in [-0.05, 0) is 37.6 Å². The van der Waals surface area contributed by atoms with Crippen molar-refractivity contribution >= 4 is 68.0 Å². The van der Waals surface area contributed by atoms with E-state index >= 15 is 4.39 Å². The number of aryl methyl sites for hydroxylation is 1. The summed E-state index contributed by atoms with van der Waals surface area (Å²) in [6.07, 6.45) is 4.07. The van der Waals surface area contributed by atoms with Gasteiger partial charge in [0.05, 0.1) is 40.9 Å². The van der Waals surface area contributed by atoms with Crippen molar-refractivity contribution in [2.24, 2.45) is 4.99 Å². The Labute approximate surface area is 242 Å². The highest BCUT2D eigenvalue weighted by Gasteiger charge is 2.21. The molecule has 6 rings (SSSR count). The fraction of sp³-hybridized carbons (Fsp3) is 0.214. The maximum Gasteiger partial charge on any atom is 0.412 e. The van der Waals surface area contributed by atoms with Crippen LogP contribution >= 0.6 is 22.9 Å². The van der Waals surface area contributed by atoms with Crippen molar-refractivity contribution in [3.8, 4) is 22.2 Å². The Balaban J connectivity index is 1.18. The first-order valence-electron chi connectivity index (χ1n) is 12.5. The quantitative estimate of drug-likeness (QED) is 0.222. The number of nitrogens with one attached hydrogen (secondary N) is 1. The molecule has 0 radical (unpaired) electrons. The smallest absolute Gasteiger partial charge is 0.412 e. The molecular weight excluding hydrogens is 571 g/mol. The van der Waals surface area contributed by atoms with Crippen LogP contribution < -0.4 is 14.8 Å². The Morgan fingerprint density at radius 3 is 2.85 bits per heavy atom. The monoisotopic (exact) mass is 592 g/mol. The molecule has 1 aliphatic rings. The molecule has 13 heteroatoms. The molecule has 0 bridgehead atoms. The third kappa shape index (κ3) is 5.35. The minimum Gasteiger partial charge on any atom is -0.487 e. The normalized spacial score (nSPS) is 12.9. The van der Waals surface area contributed by atoms with Gasteiger partial charge in [-0.25, -0.2) is 34.1 Å². The topological polar surface area (TPSA) is 121 Å². The molecule has 4 heterocycles. The Morgan fingerprint density at radius 1 is 1.17 bits per heavy atom. The van der Waals surface area contributed by atoms with Crippen molar-refractivity contribution < 1.29 is 23.4 Å². The number of amides is 1. The van der Waals surface area contributed by atoms with Gasteiger partial charge in [0.15, 0.2) is 17.4 Å². The summed E-state index contributed by atoms with van der Waals surface area (Å²) in [6, 6.07) is 7.17. The van der Waals surface area contributed by atoms with E-state index in [-0.39, 0.29) is 17.4 Å². The van der Waals surface area contributed by atoms with Crippen LogP contribution in [0.25, 0.3) is 31.8 Å². The van der Waals surface area contributed by atoms with Crippen LogP contribution in [0.2, 0.25) is 5.02 Å². The zero-order chi connectivity index (χ0) is 28.7. The lowest BCUT2D eigenvalue weighted by atomic mass is 10.1. The third-order valence-electron chi connectivity index (χ3n) is 6.24. The molecule has 0 unspecified atom stereocenters. The molecule has 5 aromatic rings. The minimum absolute atomic E-state index is 0.0741. The third-order valence-corrected chi connectivity index (χ3v) is 7.62. The van der Waals surface area contributed by atoms with Gasteiger partial charge in [0.2, 0.25) is 5.88 Å². The second-order valence-electron chi connectivity index (χ2n) is 9.34. The van der Waals surface area contributed by atoms with E-state index in [4.69, 9.17) is 25.8 Å². The first-order valence-corrected chi connectivity index (χ1v) is 13.7. The fourth-order valence-corrected chi connectivity index (χ4v) is 5.67. The van der Waals surface area contributed by atoms with Gasteiger partial charge in [0.1, 0.15) is 28.3 Å². The molecule has 3 aromatic heterocycles. The number of benzene rings is 2. The van der Waals surface area contributed by atoms with E-state index < -0.39 is 18.0 Å². The number of hydrogen-bond donors (Lipinski definition) is 1. The Hall–Kier alpha value is -4.42. The lowest BCUT2D eigenvalue weighted by Crippen LogP contribution is -2.25.